The van der Waals surface area contributed by atoms with Crippen LogP contribution in [0.4, 0.5) is 5.82 Å². The predicted molar refractivity (Wildman–Crippen MR) is 70.1 cm³/mol. The first-order chi connectivity index (χ1) is 8.25. The van der Waals surface area contributed by atoms with Gasteiger partial charge in [-0.1, -0.05) is 29.8 Å². The van der Waals surface area contributed by atoms with Crippen molar-refractivity contribution in [3.63, 3.8) is 0 Å². The van der Waals surface area contributed by atoms with E-state index in [1.54, 1.807) is 0 Å². The summed E-state index contributed by atoms with van der Waals surface area (Å²) in [5.74, 6) is 0.642. The standard InChI is InChI=1S/C13H10ClN3/c14-10-6-4-9(5-7-10)12-13(15)17-8-2-1-3-11(17)16-12/h1-8H,15H2. The summed E-state index contributed by atoms with van der Waals surface area (Å²) >= 11 is 5.86. The molecule has 0 bridgehead atoms. The first-order valence-corrected chi connectivity index (χ1v) is 5.62. The van der Waals surface area contributed by atoms with E-state index in [2.05, 4.69) is 4.98 Å². The molecule has 0 atom stereocenters. The first-order valence-electron chi connectivity index (χ1n) is 5.24. The van der Waals surface area contributed by atoms with Gasteiger partial charge >= 0.3 is 0 Å². The number of nitrogen functional groups attached to an aromatic ring is 1. The van der Waals surface area contributed by atoms with Gasteiger partial charge in [-0.3, -0.25) is 4.40 Å². The van der Waals surface area contributed by atoms with E-state index in [0.29, 0.717) is 10.8 Å². The van der Waals surface area contributed by atoms with E-state index < -0.39 is 0 Å². The number of halogens is 1. The van der Waals surface area contributed by atoms with Crippen LogP contribution in [0.15, 0.2) is 48.7 Å². The molecule has 4 heteroatoms. The number of imidazole rings is 1. The van der Waals surface area contributed by atoms with Gasteiger partial charge in [0.2, 0.25) is 0 Å². The summed E-state index contributed by atoms with van der Waals surface area (Å²) in [5.41, 5.74) is 8.67. The minimum Gasteiger partial charge on any atom is -0.383 e. The summed E-state index contributed by atoms with van der Waals surface area (Å²) in [5, 5.41) is 0.705. The quantitative estimate of drug-likeness (QED) is 0.713. The molecule has 84 valence electrons. The lowest BCUT2D eigenvalue weighted by Gasteiger charge is -1.99. The van der Waals surface area contributed by atoms with Crippen LogP contribution in [0.5, 0.6) is 0 Å². The number of nitrogens with two attached hydrogens (primary N) is 1. The molecule has 0 radical (unpaired) electrons. The van der Waals surface area contributed by atoms with Crippen LogP contribution in [0, 0.1) is 0 Å². The largest absolute Gasteiger partial charge is 0.383 e. The molecule has 2 aromatic heterocycles. The highest BCUT2D eigenvalue weighted by molar-refractivity contribution is 6.30. The Hall–Kier alpha value is -2.00. The van der Waals surface area contributed by atoms with Crippen LogP contribution in [0.3, 0.4) is 0 Å². The maximum absolute atomic E-state index is 6.08. The van der Waals surface area contributed by atoms with Gasteiger partial charge in [0.25, 0.3) is 0 Å². The maximum atomic E-state index is 6.08. The number of fused-ring (bicyclic) bond motifs is 1. The van der Waals surface area contributed by atoms with E-state index in [-0.39, 0.29) is 0 Å². The molecule has 0 aliphatic carbocycles. The van der Waals surface area contributed by atoms with Crippen molar-refractivity contribution in [1.82, 2.24) is 9.38 Å². The number of aromatic nitrogens is 2. The van der Waals surface area contributed by atoms with Gasteiger partial charge in [0.1, 0.15) is 17.2 Å². The Morgan fingerprint density at radius 3 is 2.53 bits per heavy atom. The molecule has 0 saturated heterocycles. The molecule has 0 aliphatic rings. The van der Waals surface area contributed by atoms with Gasteiger partial charge in [0, 0.05) is 16.8 Å². The molecule has 17 heavy (non-hydrogen) atoms. The fourth-order valence-electron chi connectivity index (χ4n) is 1.84. The van der Waals surface area contributed by atoms with Gasteiger partial charge in [-0.05, 0) is 24.3 Å². The second-order valence-electron chi connectivity index (χ2n) is 3.78. The van der Waals surface area contributed by atoms with Crippen LogP contribution in [0.1, 0.15) is 0 Å². The molecule has 3 rings (SSSR count). The molecule has 0 amide bonds. The van der Waals surface area contributed by atoms with Crippen molar-refractivity contribution < 1.29 is 0 Å². The molecular formula is C13H10ClN3. The Labute approximate surface area is 103 Å². The number of hydrogen-bond donors (Lipinski definition) is 1. The number of benzene rings is 1. The molecule has 2 N–H and O–H groups in total. The Morgan fingerprint density at radius 2 is 1.82 bits per heavy atom. The second kappa shape index (κ2) is 3.79. The summed E-state index contributed by atoms with van der Waals surface area (Å²) in [6.45, 7) is 0. The smallest absolute Gasteiger partial charge is 0.139 e. The zero-order valence-corrected chi connectivity index (χ0v) is 9.72. The Morgan fingerprint density at radius 1 is 1.06 bits per heavy atom. The Bertz CT molecular complexity index is 671. The van der Waals surface area contributed by atoms with Crippen LogP contribution in [-0.2, 0) is 0 Å². The van der Waals surface area contributed by atoms with E-state index in [1.165, 1.54) is 0 Å². The molecule has 0 spiro atoms. The van der Waals surface area contributed by atoms with E-state index in [9.17, 15) is 0 Å². The van der Waals surface area contributed by atoms with Gasteiger partial charge in [-0.2, -0.15) is 0 Å². The third-order valence-corrected chi connectivity index (χ3v) is 2.94. The molecule has 0 unspecified atom stereocenters. The lowest BCUT2D eigenvalue weighted by Crippen LogP contribution is -1.93. The monoisotopic (exact) mass is 243 g/mol. The van der Waals surface area contributed by atoms with Crippen LogP contribution in [0.25, 0.3) is 16.9 Å². The Kier molecular flexibility index (Phi) is 2.27. The lowest BCUT2D eigenvalue weighted by molar-refractivity contribution is 1.20. The zero-order chi connectivity index (χ0) is 11.8. The van der Waals surface area contributed by atoms with Gasteiger partial charge in [0.05, 0.1) is 0 Å². The van der Waals surface area contributed by atoms with Crippen LogP contribution < -0.4 is 5.73 Å². The summed E-state index contributed by atoms with van der Waals surface area (Å²) in [6.07, 6.45) is 1.90. The van der Waals surface area contributed by atoms with Gasteiger partial charge in [0.15, 0.2) is 0 Å². The summed E-state index contributed by atoms with van der Waals surface area (Å²) < 4.78 is 1.87. The van der Waals surface area contributed by atoms with Crippen LogP contribution in [-0.4, -0.2) is 9.38 Å². The topological polar surface area (TPSA) is 43.3 Å². The molecule has 0 aliphatic heterocycles. The fraction of sp³-hybridized carbons (Fsp3) is 0. The third kappa shape index (κ3) is 1.65. The number of nitrogens with zero attached hydrogens (tertiary/aromatic N) is 2. The molecular weight excluding hydrogens is 234 g/mol. The summed E-state index contributed by atoms with van der Waals surface area (Å²) in [4.78, 5) is 4.51. The van der Waals surface area contributed by atoms with Crippen molar-refractivity contribution >= 4 is 23.1 Å². The van der Waals surface area contributed by atoms with Crippen molar-refractivity contribution in [2.24, 2.45) is 0 Å². The molecule has 0 fully saturated rings. The number of rotatable bonds is 1. The van der Waals surface area contributed by atoms with E-state index in [0.717, 1.165) is 16.9 Å². The SMILES string of the molecule is Nc1c(-c2ccc(Cl)cc2)nc2ccccn12. The average molecular weight is 244 g/mol. The molecule has 3 nitrogen and oxygen atoms in total. The van der Waals surface area contributed by atoms with Crippen molar-refractivity contribution in [2.75, 3.05) is 5.73 Å². The normalized spacial score (nSPS) is 10.9. The average Bonchev–Trinajstić information content (AvgIpc) is 2.69. The first kappa shape index (κ1) is 10.2. The highest BCUT2D eigenvalue weighted by Crippen LogP contribution is 2.27. The van der Waals surface area contributed by atoms with E-state index in [1.807, 2.05) is 53.1 Å². The van der Waals surface area contributed by atoms with Gasteiger partial charge < -0.3 is 5.73 Å². The fourth-order valence-corrected chi connectivity index (χ4v) is 1.96. The molecule has 1 aromatic carbocycles. The zero-order valence-electron chi connectivity index (χ0n) is 8.97. The number of anilines is 1. The highest BCUT2D eigenvalue weighted by Gasteiger charge is 2.10. The number of pyridine rings is 1. The Balaban J connectivity index is 2.24. The van der Waals surface area contributed by atoms with Gasteiger partial charge in [-0.25, -0.2) is 4.98 Å². The van der Waals surface area contributed by atoms with E-state index in [4.69, 9.17) is 17.3 Å². The van der Waals surface area contributed by atoms with Gasteiger partial charge in [-0.15, -0.1) is 0 Å². The second-order valence-corrected chi connectivity index (χ2v) is 4.22. The third-order valence-electron chi connectivity index (χ3n) is 2.68. The maximum Gasteiger partial charge on any atom is 0.139 e. The van der Waals surface area contributed by atoms with Crippen molar-refractivity contribution in [1.29, 1.82) is 0 Å². The number of hydrogen-bond acceptors (Lipinski definition) is 2. The minimum absolute atomic E-state index is 0.642. The molecule has 0 saturated carbocycles. The van der Waals surface area contributed by atoms with Crippen LogP contribution >= 0.6 is 11.6 Å². The van der Waals surface area contributed by atoms with Crippen molar-refractivity contribution in [3.05, 3.63) is 53.7 Å². The lowest BCUT2D eigenvalue weighted by atomic mass is 10.1. The van der Waals surface area contributed by atoms with E-state index >= 15 is 0 Å². The van der Waals surface area contributed by atoms with Crippen LogP contribution in [0.2, 0.25) is 5.02 Å². The summed E-state index contributed by atoms with van der Waals surface area (Å²) in [7, 11) is 0. The highest BCUT2D eigenvalue weighted by atomic mass is 35.5. The minimum atomic E-state index is 0.642. The molecule has 2 heterocycles. The van der Waals surface area contributed by atoms with Crippen molar-refractivity contribution in [3.8, 4) is 11.3 Å². The molecule has 3 aromatic rings. The summed E-state index contributed by atoms with van der Waals surface area (Å²) in [6, 6.07) is 13.3. The predicted octanol–water partition coefficient (Wildman–Crippen LogP) is 3.24. The van der Waals surface area contributed by atoms with Crippen molar-refractivity contribution in [2.45, 2.75) is 0 Å².